The van der Waals surface area contributed by atoms with Crippen LogP contribution in [0.3, 0.4) is 0 Å². The maximum Gasteiger partial charge on any atom is 0.401 e. The Balaban J connectivity index is 4.05. The molecule has 0 bridgehead atoms. The second kappa shape index (κ2) is 6.33. The van der Waals surface area contributed by atoms with Crippen LogP contribution in [0, 0.1) is 5.92 Å². The van der Waals surface area contributed by atoms with Gasteiger partial charge in [0.2, 0.25) is 0 Å². The van der Waals surface area contributed by atoms with E-state index in [1.807, 2.05) is 20.8 Å². The minimum Gasteiger partial charge on any atom is -0.313 e. The third-order valence-electron chi connectivity index (χ3n) is 2.23. The van der Waals surface area contributed by atoms with E-state index in [0.717, 1.165) is 6.54 Å². The Morgan fingerprint density at radius 3 is 2.13 bits per heavy atom. The molecule has 1 N–H and O–H groups in total. The van der Waals surface area contributed by atoms with Gasteiger partial charge in [-0.1, -0.05) is 20.8 Å². The van der Waals surface area contributed by atoms with Crippen molar-refractivity contribution in [3.05, 3.63) is 0 Å². The fraction of sp³-hybridized carbons (Fsp3) is 1.00. The van der Waals surface area contributed by atoms with Crippen molar-refractivity contribution in [1.82, 2.24) is 10.2 Å². The van der Waals surface area contributed by atoms with Crippen molar-refractivity contribution in [3.8, 4) is 0 Å². The topological polar surface area (TPSA) is 15.3 Å². The standard InChI is InChI=1S/C10H21F3N2/c1-5-14-9(8(2)3)6-15(4)7-10(11,12)13/h8-9,14H,5-7H2,1-4H3. The van der Waals surface area contributed by atoms with Gasteiger partial charge in [0.05, 0.1) is 6.54 Å². The van der Waals surface area contributed by atoms with Crippen LogP contribution in [0.15, 0.2) is 0 Å². The summed E-state index contributed by atoms with van der Waals surface area (Å²) in [5, 5.41) is 3.19. The highest BCUT2D eigenvalue weighted by Gasteiger charge is 2.30. The van der Waals surface area contributed by atoms with Crippen molar-refractivity contribution >= 4 is 0 Å². The molecule has 2 nitrogen and oxygen atoms in total. The predicted octanol–water partition coefficient (Wildman–Crippen LogP) is 2.11. The molecule has 0 aromatic heterocycles. The molecule has 0 saturated carbocycles. The van der Waals surface area contributed by atoms with Gasteiger partial charge < -0.3 is 5.32 Å². The molecule has 0 saturated heterocycles. The van der Waals surface area contributed by atoms with Crippen molar-refractivity contribution in [3.63, 3.8) is 0 Å². The Hall–Kier alpha value is -0.290. The third kappa shape index (κ3) is 7.62. The average Bonchev–Trinajstić information content (AvgIpc) is 1.99. The summed E-state index contributed by atoms with van der Waals surface area (Å²) in [5.74, 6) is 0.334. The Labute approximate surface area is 89.8 Å². The molecular formula is C10H21F3N2. The zero-order valence-electron chi connectivity index (χ0n) is 9.86. The minimum absolute atomic E-state index is 0.113. The molecule has 0 aliphatic carbocycles. The number of hydrogen-bond donors (Lipinski definition) is 1. The molecule has 5 heteroatoms. The predicted molar refractivity (Wildman–Crippen MR) is 55.9 cm³/mol. The van der Waals surface area contributed by atoms with E-state index in [1.54, 1.807) is 0 Å². The van der Waals surface area contributed by atoms with Crippen LogP contribution in [0.5, 0.6) is 0 Å². The lowest BCUT2D eigenvalue weighted by atomic mass is 10.0. The quantitative estimate of drug-likeness (QED) is 0.746. The summed E-state index contributed by atoms with van der Waals surface area (Å²) < 4.78 is 36.2. The lowest BCUT2D eigenvalue weighted by Gasteiger charge is -2.28. The van der Waals surface area contributed by atoms with Crippen molar-refractivity contribution in [1.29, 1.82) is 0 Å². The van der Waals surface area contributed by atoms with Crippen molar-refractivity contribution in [2.45, 2.75) is 33.0 Å². The van der Waals surface area contributed by atoms with Gasteiger partial charge in [0.15, 0.2) is 0 Å². The Bertz CT molecular complexity index is 169. The molecule has 0 spiro atoms. The number of alkyl halides is 3. The number of nitrogens with one attached hydrogen (secondary N) is 1. The molecule has 1 unspecified atom stereocenters. The second-order valence-corrected chi connectivity index (χ2v) is 4.22. The van der Waals surface area contributed by atoms with Crippen LogP contribution in [-0.4, -0.2) is 43.8 Å². The highest BCUT2D eigenvalue weighted by atomic mass is 19.4. The van der Waals surface area contributed by atoms with E-state index in [9.17, 15) is 13.2 Å². The zero-order valence-corrected chi connectivity index (χ0v) is 9.86. The molecule has 0 amide bonds. The molecule has 0 radical (unpaired) electrons. The molecule has 0 aromatic rings. The van der Waals surface area contributed by atoms with E-state index < -0.39 is 12.7 Å². The van der Waals surface area contributed by atoms with Gasteiger partial charge >= 0.3 is 6.18 Å². The first kappa shape index (κ1) is 14.7. The molecule has 0 aliphatic heterocycles. The van der Waals surface area contributed by atoms with Gasteiger partial charge in [0.25, 0.3) is 0 Å². The van der Waals surface area contributed by atoms with Crippen LogP contribution in [0.25, 0.3) is 0 Å². The average molecular weight is 226 g/mol. The van der Waals surface area contributed by atoms with Crippen molar-refractivity contribution < 1.29 is 13.2 Å². The maximum atomic E-state index is 12.1. The normalized spacial score (nSPS) is 15.0. The fourth-order valence-corrected chi connectivity index (χ4v) is 1.48. The molecule has 15 heavy (non-hydrogen) atoms. The van der Waals surface area contributed by atoms with Gasteiger partial charge in [-0.15, -0.1) is 0 Å². The smallest absolute Gasteiger partial charge is 0.313 e. The largest absolute Gasteiger partial charge is 0.401 e. The number of likely N-dealkylation sites (N-methyl/N-ethyl adjacent to an activating group) is 2. The Morgan fingerprint density at radius 1 is 1.27 bits per heavy atom. The lowest BCUT2D eigenvalue weighted by molar-refractivity contribution is -0.143. The summed E-state index contributed by atoms with van der Waals surface area (Å²) >= 11 is 0. The van der Waals surface area contributed by atoms with Gasteiger partial charge in [0, 0.05) is 12.6 Å². The summed E-state index contributed by atoms with van der Waals surface area (Å²) in [5.41, 5.74) is 0. The van der Waals surface area contributed by atoms with Crippen LogP contribution in [0.4, 0.5) is 13.2 Å². The third-order valence-corrected chi connectivity index (χ3v) is 2.23. The first-order valence-electron chi connectivity index (χ1n) is 5.25. The van der Waals surface area contributed by atoms with E-state index in [-0.39, 0.29) is 6.04 Å². The van der Waals surface area contributed by atoms with E-state index in [0.29, 0.717) is 12.5 Å². The summed E-state index contributed by atoms with van der Waals surface area (Å²) in [7, 11) is 1.50. The maximum absolute atomic E-state index is 12.1. The first-order chi connectivity index (χ1) is 6.76. The van der Waals surface area contributed by atoms with Crippen molar-refractivity contribution in [2.24, 2.45) is 5.92 Å². The van der Waals surface area contributed by atoms with Crippen LogP contribution < -0.4 is 5.32 Å². The summed E-state index contributed by atoms with van der Waals surface area (Å²) in [6, 6.07) is 0.113. The molecule has 0 aromatic carbocycles. The molecular weight excluding hydrogens is 205 g/mol. The van der Waals surface area contributed by atoms with Gasteiger partial charge in [-0.3, -0.25) is 4.90 Å². The Morgan fingerprint density at radius 2 is 1.80 bits per heavy atom. The van der Waals surface area contributed by atoms with E-state index >= 15 is 0 Å². The zero-order chi connectivity index (χ0) is 12.1. The van der Waals surface area contributed by atoms with Crippen LogP contribution >= 0.6 is 0 Å². The summed E-state index contributed by atoms with van der Waals surface area (Å²) in [4.78, 5) is 1.31. The molecule has 0 aliphatic rings. The van der Waals surface area contributed by atoms with Crippen LogP contribution in [0.2, 0.25) is 0 Å². The second-order valence-electron chi connectivity index (χ2n) is 4.22. The number of rotatable bonds is 6. The lowest BCUT2D eigenvalue weighted by Crippen LogP contribution is -2.45. The van der Waals surface area contributed by atoms with E-state index in [1.165, 1.54) is 11.9 Å². The summed E-state index contributed by atoms with van der Waals surface area (Å²) in [6.07, 6.45) is -4.11. The highest BCUT2D eigenvalue weighted by molar-refractivity contribution is 4.74. The minimum atomic E-state index is -4.11. The molecule has 1 atom stereocenters. The molecule has 92 valence electrons. The molecule has 0 fully saturated rings. The van der Waals surface area contributed by atoms with Gasteiger partial charge in [-0.25, -0.2) is 0 Å². The number of hydrogen-bond acceptors (Lipinski definition) is 2. The molecule has 0 heterocycles. The SMILES string of the molecule is CCNC(CN(C)CC(F)(F)F)C(C)C. The first-order valence-corrected chi connectivity index (χ1v) is 5.25. The van der Waals surface area contributed by atoms with E-state index in [4.69, 9.17) is 0 Å². The Kier molecular flexibility index (Phi) is 6.20. The molecule has 0 rings (SSSR count). The van der Waals surface area contributed by atoms with Gasteiger partial charge in [-0.05, 0) is 19.5 Å². The highest BCUT2D eigenvalue weighted by Crippen LogP contribution is 2.16. The number of halogens is 3. The van der Waals surface area contributed by atoms with Gasteiger partial charge in [0.1, 0.15) is 0 Å². The van der Waals surface area contributed by atoms with Gasteiger partial charge in [-0.2, -0.15) is 13.2 Å². The summed E-state index contributed by atoms with van der Waals surface area (Å²) in [6.45, 7) is 6.33. The van der Waals surface area contributed by atoms with Crippen LogP contribution in [0.1, 0.15) is 20.8 Å². The number of nitrogens with zero attached hydrogens (tertiary/aromatic N) is 1. The van der Waals surface area contributed by atoms with E-state index in [2.05, 4.69) is 5.32 Å². The van der Waals surface area contributed by atoms with Crippen LogP contribution in [-0.2, 0) is 0 Å². The fourth-order valence-electron chi connectivity index (χ4n) is 1.48. The monoisotopic (exact) mass is 226 g/mol. The van der Waals surface area contributed by atoms with Crippen molar-refractivity contribution in [2.75, 3.05) is 26.7 Å².